The van der Waals surface area contributed by atoms with Crippen molar-refractivity contribution in [2.45, 2.75) is 0 Å². The number of hydrogen-bond acceptors (Lipinski definition) is 3. The summed E-state index contributed by atoms with van der Waals surface area (Å²) >= 11 is 0. The second-order valence-corrected chi connectivity index (χ2v) is 2.15. The Morgan fingerprint density at radius 2 is 2.25 bits per heavy atom. The molecule has 0 unspecified atom stereocenters. The summed E-state index contributed by atoms with van der Waals surface area (Å²) in [7, 11) is 0. The molecule has 1 heterocycles. The molecule has 1 aliphatic rings. The predicted molar refractivity (Wildman–Crippen MR) is 40.0 cm³/mol. The number of rotatable bonds is 1. The van der Waals surface area contributed by atoms with E-state index in [4.69, 9.17) is 5.11 Å². The van der Waals surface area contributed by atoms with Gasteiger partial charge in [0.05, 0.1) is 13.1 Å². The number of carbonyl (C=O) groups is 2. The Kier molecular flexibility index (Phi) is 2.66. The maximum atomic E-state index is 10.9. The molecule has 0 spiro atoms. The van der Waals surface area contributed by atoms with Crippen LogP contribution in [0.4, 0.5) is 4.79 Å². The molecule has 5 heteroatoms. The van der Waals surface area contributed by atoms with Crippen molar-refractivity contribution in [1.29, 1.82) is 0 Å². The first-order valence-corrected chi connectivity index (χ1v) is 3.40. The highest BCUT2D eigenvalue weighted by molar-refractivity contribution is 6.02. The summed E-state index contributed by atoms with van der Waals surface area (Å²) in [6.45, 7) is -0.172. The van der Waals surface area contributed by atoms with Gasteiger partial charge in [-0.05, 0) is 0 Å². The van der Waals surface area contributed by atoms with Crippen molar-refractivity contribution in [1.82, 2.24) is 10.2 Å². The molecule has 5 nitrogen and oxygen atoms in total. The maximum Gasteiger partial charge on any atom is 0.325 e. The van der Waals surface area contributed by atoms with Crippen molar-refractivity contribution in [3.05, 3.63) is 0 Å². The van der Waals surface area contributed by atoms with Gasteiger partial charge in [-0.15, -0.1) is 0 Å². The standard InChI is InChI=1S/C7H8N2O3/c10-4-2-1-3-9-6(11)5-8-7(9)12/h10H,3-5H2,(H,8,12). The molecule has 1 rings (SSSR count). The van der Waals surface area contributed by atoms with Crippen LogP contribution in [-0.2, 0) is 4.79 Å². The SMILES string of the molecule is O=C1CNC(=O)N1CC#CCO. The number of aliphatic hydroxyl groups excluding tert-OH is 1. The van der Waals surface area contributed by atoms with Crippen LogP contribution >= 0.6 is 0 Å². The number of imide groups is 1. The molecule has 0 atom stereocenters. The fourth-order valence-corrected chi connectivity index (χ4v) is 0.806. The van der Waals surface area contributed by atoms with Gasteiger partial charge in [-0.1, -0.05) is 11.8 Å². The zero-order valence-corrected chi connectivity index (χ0v) is 6.33. The lowest BCUT2D eigenvalue weighted by Gasteiger charge is -2.05. The molecule has 0 bridgehead atoms. The number of nitrogens with zero attached hydrogens (tertiary/aromatic N) is 1. The van der Waals surface area contributed by atoms with Gasteiger partial charge < -0.3 is 10.4 Å². The summed E-state index contributed by atoms with van der Waals surface area (Å²) in [6, 6.07) is -0.424. The minimum Gasteiger partial charge on any atom is -0.384 e. The molecule has 0 saturated carbocycles. The van der Waals surface area contributed by atoms with Gasteiger partial charge in [-0.2, -0.15) is 0 Å². The van der Waals surface area contributed by atoms with Crippen LogP contribution in [0, 0.1) is 11.8 Å². The van der Waals surface area contributed by atoms with Crippen molar-refractivity contribution in [2.24, 2.45) is 0 Å². The first kappa shape index (κ1) is 8.56. The molecular weight excluding hydrogens is 160 g/mol. The summed E-state index contributed by atoms with van der Waals surface area (Å²) in [4.78, 5) is 22.7. The first-order chi connectivity index (χ1) is 5.75. The molecular formula is C7H8N2O3. The quantitative estimate of drug-likeness (QED) is 0.371. The third kappa shape index (κ3) is 1.74. The van der Waals surface area contributed by atoms with Gasteiger partial charge in [0.2, 0.25) is 0 Å². The van der Waals surface area contributed by atoms with Gasteiger partial charge in [-0.3, -0.25) is 9.69 Å². The second kappa shape index (κ2) is 3.74. The summed E-state index contributed by atoms with van der Waals surface area (Å²) in [6.07, 6.45) is 0. The van der Waals surface area contributed by atoms with Crippen molar-refractivity contribution < 1.29 is 14.7 Å². The number of amides is 3. The zero-order chi connectivity index (χ0) is 8.97. The minimum absolute atomic E-state index is 0.0413. The third-order valence-corrected chi connectivity index (χ3v) is 1.38. The highest BCUT2D eigenvalue weighted by Gasteiger charge is 2.26. The van der Waals surface area contributed by atoms with Crippen LogP contribution in [0.3, 0.4) is 0 Å². The number of aliphatic hydroxyl groups is 1. The van der Waals surface area contributed by atoms with Crippen LogP contribution in [0.15, 0.2) is 0 Å². The normalized spacial score (nSPS) is 15.6. The van der Waals surface area contributed by atoms with Gasteiger partial charge in [-0.25, -0.2) is 4.79 Å². The molecule has 1 saturated heterocycles. The van der Waals surface area contributed by atoms with E-state index in [0.717, 1.165) is 4.90 Å². The van der Waals surface area contributed by atoms with Crippen molar-refractivity contribution in [2.75, 3.05) is 19.7 Å². The second-order valence-electron chi connectivity index (χ2n) is 2.15. The molecule has 0 aromatic carbocycles. The van der Waals surface area contributed by atoms with E-state index in [2.05, 4.69) is 17.2 Å². The van der Waals surface area contributed by atoms with E-state index >= 15 is 0 Å². The average molecular weight is 168 g/mol. The van der Waals surface area contributed by atoms with Crippen LogP contribution in [0.2, 0.25) is 0 Å². The number of carbonyl (C=O) groups excluding carboxylic acids is 2. The molecule has 2 N–H and O–H groups in total. The third-order valence-electron chi connectivity index (χ3n) is 1.38. The fraction of sp³-hybridized carbons (Fsp3) is 0.429. The van der Waals surface area contributed by atoms with E-state index in [0.29, 0.717) is 0 Å². The maximum absolute atomic E-state index is 10.9. The van der Waals surface area contributed by atoms with E-state index < -0.39 is 6.03 Å². The Labute approximate surface area is 69.3 Å². The fourth-order valence-electron chi connectivity index (χ4n) is 0.806. The molecule has 64 valence electrons. The monoisotopic (exact) mass is 168 g/mol. The Morgan fingerprint density at radius 3 is 2.75 bits per heavy atom. The molecule has 1 aliphatic heterocycles. The lowest BCUT2D eigenvalue weighted by Crippen LogP contribution is -2.31. The van der Waals surface area contributed by atoms with Gasteiger partial charge >= 0.3 is 6.03 Å². The number of hydrogen-bond donors (Lipinski definition) is 2. The van der Waals surface area contributed by atoms with Gasteiger partial charge in [0, 0.05) is 0 Å². The van der Waals surface area contributed by atoms with E-state index in [9.17, 15) is 9.59 Å². The Hall–Kier alpha value is -1.54. The van der Waals surface area contributed by atoms with E-state index in [-0.39, 0.29) is 25.6 Å². The molecule has 12 heavy (non-hydrogen) atoms. The number of urea groups is 1. The van der Waals surface area contributed by atoms with Gasteiger partial charge in [0.25, 0.3) is 5.91 Å². The molecule has 0 aromatic rings. The summed E-state index contributed by atoms with van der Waals surface area (Å²) < 4.78 is 0. The highest BCUT2D eigenvalue weighted by Crippen LogP contribution is 1.96. The lowest BCUT2D eigenvalue weighted by molar-refractivity contribution is -0.124. The predicted octanol–water partition coefficient (Wildman–Crippen LogP) is -1.47. The van der Waals surface area contributed by atoms with E-state index in [1.165, 1.54) is 0 Å². The van der Waals surface area contributed by atoms with Crippen LogP contribution < -0.4 is 5.32 Å². The molecule has 1 fully saturated rings. The van der Waals surface area contributed by atoms with Gasteiger partial charge in [0.1, 0.15) is 6.61 Å². The molecule has 3 amide bonds. The van der Waals surface area contributed by atoms with E-state index in [1.54, 1.807) is 0 Å². The molecule has 0 aliphatic carbocycles. The highest BCUT2D eigenvalue weighted by atomic mass is 16.2. The first-order valence-electron chi connectivity index (χ1n) is 3.40. The van der Waals surface area contributed by atoms with Crippen molar-refractivity contribution in [3.8, 4) is 11.8 Å². The molecule has 0 aromatic heterocycles. The minimum atomic E-state index is -0.424. The summed E-state index contributed by atoms with van der Waals surface area (Å²) in [5.41, 5.74) is 0. The van der Waals surface area contributed by atoms with Crippen molar-refractivity contribution in [3.63, 3.8) is 0 Å². The van der Waals surface area contributed by atoms with Gasteiger partial charge in [0.15, 0.2) is 0 Å². The van der Waals surface area contributed by atoms with Crippen LogP contribution in [-0.4, -0.2) is 41.6 Å². The Morgan fingerprint density at radius 1 is 1.50 bits per heavy atom. The molecule has 0 radical (unpaired) electrons. The number of nitrogens with one attached hydrogen (secondary N) is 1. The van der Waals surface area contributed by atoms with E-state index in [1.807, 2.05) is 0 Å². The Bertz CT molecular complexity index is 248. The lowest BCUT2D eigenvalue weighted by atomic mass is 10.5. The largest absolute Gasteiger partial charge is 0.384 e. The summed E-state index contributed by atoms with van der Waals surface area (Å²) in [5.74, 6) is 4.55. The Balaban J connectivity index is 2.50. The average Bonchev–Trinajstić information content (AvgIpc) is 2.35. The zero-order valence-electron chi connectivity index (χ0n) is 6.33. The van der Waals surface area contributed by atoms with Crippen LogP contribution in [0.5, 0.6) is 0 Å². The summed E-state index contributed by atoms with van der Waals surface area (Å²) in [5, 5.41) is 10.6. The van der Waals surface area contributed by atoms with Crippen LogP contribution in [0.25, 0.3) is 0 Å². The van der Waals surface area contributed by atoms with Crippen molar-refractivity contribution >= 4 is 11.9 Å². The smallest absolute Gasteiger partial charge is 0.325 e. The topological polar surface area (TPSA) is 69.6 Å². The van der Waals surface area contributed by atoms with Crippen LogP contribution in [0.1, 0.15) is 0 Å².